The van der Waals surface area contributed by atoms with Crippen molar-refractivity contribution in [3.8, 4) is 0 Å². The van der Waals surface area contributed by atoms with E-state index in [0.717, 1.165) is 16.7 Å². The van der Waals surface area contributed by atoms with Crippen LogP contribution in [0.5, 0.6) is 0 Å². The third kappa shape index (κ3) is 4.91. The van der Waals surface area contributed by atoms with Crippen molar-refractivity contribution in [1.29, 1.82) is 0 Å². The molecule has 8 nitrogen and oxygen atoms in total. The van der Waals surface area contributed by atoms with E-state index in [1.54, 1.807) is 13.3 Å². The highest BCUT2D eigenvalue weighted by atomic mass is 35.5. The molecule has 0 aromatic carbocycles. The van der Waals surface area contributed by atoms with Crippen LogP contribution in [0.2, 0.25) is 5.28 Å². The third-order valence-corrected chi connectivity index (χ3v) is 4.09. The first-order valence-corrected chi connectivity index (χ1v) is 8.89. The Labute approximate surface area is 157 Å². The van der Waals surface area contributed by atoms with Crippen molar-refractivity contribution in [2.45, 2.75) is 45.3 Å². The second-order valence-corrected chi connectivity index (χ2v) is 7.36. The minimum absolute atomic E-state index is 0.0931. The molecule has 26 heavy (non-hydrogen) atoms. The number of nitrogens with one attached hydrogen (secondary N) is 1. The number of fused-ring (bicyclic) bond motifs is 1. The highest BCUT2D eigenvalue weighted by molar-refractivity contribution is 6.28. The first-order chi connectivity index (χ1) is 12.4. The van der Waals surface area contributed by atoms with Crippen molar-refractivity contribution in [3.63, 3.8) is 0 Å². The van der Waals surface area contributed by atoms with Gasteiger partial charge in [0.15, 0.2) is 12.4 Å². The van der Waals surface area contributed by atoms with Crippen molar-refractivity contribution >= 4 is 22.6 Å². The smallest absolute Gasteiger partial charge is 0.224 e. The number of aromatic nitrogens is 3. The second-order valence-electron chi connectivity index (χ2n) is 7.02. The van der Waals surface area contributed by atoms with Gasteiger partial charge in [-0.3, -0.25) is 5.32 Å². The van der Waals surface area contributed by atoms with Crippen LogP contribution in [0.3, 0.4) is 0 Å². The van der Waals surface area contributed by atoms with E-state index in [4.69, 9.17) is 30.5 Å². The molecule has 0 bridgehead atoms. The van der Waals surface area contributed by atoms with E-state index in [2.05, 4.69) is 19.9 Å². The van der Waals surface area contributed by atoms with Gasteiger partial charge in [0.1, 0.15) is 12.4 Å². The van der Waals surface area contributed by atoms with E-state index in [1.807, 2.05) is 26.8 Å². The van der Waals surface area contributed by atoms with Gasteiger partial charge in [-0.2, -0.15) is 4.98 Å². The Morgan fingerprint density at radius 3 is 2.88 bits per heavy atom. The average molecular weight is 385 g/mol. The van der Waals surface area contributed by atoms with Gasteiger partial charge in [-0.15, -0.1) is 0 Å². The molecule has 2 aromatic rings. The maximum Gasteiger partial charge on any atom is 0.224 e. The standard InChI is InChI=1S/C17H25ClN4O4/c1-17(2,3)25-10-24-9-19-5-6-22-12(13-15(23-4)26-13)7-11-8-20-16(18)21-14(11)22/h7-8,13,15,19H,5-6,9-10H2,1-4H3. The van der Waals surface area contributed by atoms with Crippen molar-refractivity contribution in [1.82, 2.24) is 19.9 Å². The van der Waals surface area contributed by atoms with Crippen LogP contribution in [0.1, 0.15) is 32.6 Å². The molecule has 1 aliphatic heterocycles. The molecule has 3 heterocycles. The maximum atomic E-state index is 5.97. The predicted molar refractivity (Wildman–Crippen MR) is 96.8 cm³/mol. The molecule has 3 rings (SSSR count). The summed E-state index contributed by atoms with van der Waals surface area (Å²) in [6, 6.07) is 2.02. The van der Waals surface area contributed by atoms with Crippen molar-refractivity contribution < 1.29 is 18.9 Å². The predicted octanol–water partition coefficient (Wildman–Crippen LogP) is 2.46. The molecular formula is C17H25ClN4O4. The quantitative estimate of drug-likeness (QED) is 0.308. The fourth-order valence-electron chi connectivity index (χ4n) is 2.59. The number of methoxy groups -OCH3 is 1. The molecule has 1 fully saturated rings. The molecule has 0 radical (unpaired) electrons. The minimum atomic E-state index is -0.215. The molecule has 144 valence electrons. The molecule has 2 unspecified atom stereocenters. The number of ether oxygens (including phenoxy) is 4. The summed E-state index contributed by atoms with van der Waals surface area (Å²) in [5, 5.41) is 4.37. The lowest BCUT2D eigenvalue weighted by Gasteiger charge is -2.19. The summed E-state index contributed by atoms with van der Waals surface area (Å²) >= 11 is 5.97. The first-order valence-electron chi connectivity index (χ1n) is 8.51. The van der Waals surface area contributed by atoms with Crippen LogP contribution >= 0.6 is 11.6 Å². The zero-order valence-electron chi connectivity index (χ0n) is 15.5. The molecular weight excluding hydrogens is 360 g/mol. The van der Waals surface area contributed by atoms with Gasteiger partial charge < -0.3 is 23.5 Å². The van der Waals surface area contributed by atoms with Crippen molar-refractivity contribution in [3.05, 3.63) is 23.2 Å². The van der Waals surface area contributed by atoms with Crippen LogP contribution < -0.4 is 5.32 Å². The van der Waals surface area contributed by atoms with Gasteiger partial charge in [0.05, 0.1) is 18.0 Å². The summed E-state index contributed by atoms with van der Waals surface area (Å²) in [5.41, 5.74) is 1.58. The van der Waals surface area contributed by atoms with Gasteiger partial charge in [0.2, 0.25) is 5.28 Å². The maximum absolute atomic E-state index is 5.97. The number of epoxide rings is 1. The Morgan fingerprint density at radius 1 is 1.38 bits per heavy atom. The highest BCUT2D eigenvalue weighted by Gasteiger charge is 2.43. The van der Waals surface area contributed by atoms with Gasteiger partial charge in [0, 0.05) is 31.8 Å². The van der Waals surface area contributed by atoms with Gasteiger partial charge in [-0.25, -0.2) is 4.98 Å². The number of rotatable bonds is 9. The van der Waals surface area contributed by atoms with Crippen molar-refractivity contribution in [2.24, 2.45) is 0 Å². The summed E-state index contributed by atoms with van der Waals surface area (Å²) in [6.07, 6.45) is 1.41. The lowest BCUT2D eigenvalue weighted by Crippen LogP contribution is -2.26. The SMILES string of the molecule is COC1OC1c1cc2cnc(Cl)nc2n1CCNCOCOC(C)(C)C. The van der Waals surface area contributed by atoms with Crippen LogP contribution in [0.15, 0.2) is 12.3 Å². The zero-order valence-corrected chi connectivity index (χ0v) is 16.2. The molecule has 0 saturated carbocycles. The number of nitrogens with zero attached hydrogens (tertiary/aromatic N) is 3. The van der Waals surface area contributed by atoms with Crippen LogP contribution in [0.25, 0.3) is 11.0 Å². The molecule has 0 aliphatic carbocycles. The Kier molecular flexibility index (Phi) is 6.11. The van der Waals surface area contributed by atoms with Crippen LogP contribution in [0.4, 0.5) is 0 Å². The largest absolute Gasteiger partial charge is 0.353 e. The summed E-state index contributed by atoms with van der Waals surface area (Å²) in [4.78, 5) is 8.40. The minimum Gasteiger partial charge on any atom is -0.353 e. The van der Waals surface area contributed by atoms with E-state index in [0.29, 0.717) is 19.8 Å². The monoisotopic (exact) mass is 384 g/mol. The Bertz CT molecular complexity index is 746. The second kappa shape index (κ2) is 8.16. The number of hydrogen-bond acceptors (Lipinski definition) is 7. The molecule has 0 amide bonds. The molecule has 1 aliphatic rings. The van der Waals surface area contributed by atoms with E-state index >= 15 is 0 Å². The molecule has 0 spiro atoms. The summed E-state index contributed by atoms with van der Waals surface area (Å²) < 4.78 is 23.8. The fourth-order valence-corrected chi connectivity index (χ4v) is 2.72. The first kappa shape index (κ1) is 19.5. The van der Waals surface area contributed by atoms with Crippen LogP contribution in [-0.4, -0.2) is 53.6 Å². The topological polar surface area (TPSA) is 83.0 Å². The van der Waals surface area contributed by atoms with Gasteiger partial charge in [-0.05, 0) is 38.4 Å². The summed E-state index contributed by atoms with van der Waals surface area (Å²) in [7, 11) is 1.63. The fraction of sp³-hybridized carbons (Fsp3) is 0.647. The van der Waals surface area contributed by atoms with Gasteiger partial charge in [-0.1, -0.05) is 0 Å². The van der Waals surface area contributed by atoms with Crippen LogP contribution in [0, 0.1) is 0 Å². The summed E-state index contributed by atoms with van der Waals surface area (Å²) in [5.74, 6) is 0. The molecule has 2 atom stereocenters. The zero-order chi connectivity index (χ0) is 18.7. The molecule has 2 aromatic heterocycles. The Morgan fingerprint density at radius 2 is 2.19 bits per heavy atom. The Balaban J connectivity index is 1.58. The summed E-state index contributed by atoms with van der Waals surface area (Å²) in [6.45, 7) is 8.00. The number of hydrogen-bond donors (Lipinski definition) is 1. The average Bonchev–Trinajstić information content (AvgIpc) is 3.28. The van der Waals surface area contributed by atoms with Gasteiger partial charge in [0.25, 0.3) is 0 Å². The molecule has 9 heteroatoms. The lowest BCUT2D eigenvalue weighted by atomic mass is 10.2. The van der Waals surface area contributed by atoms with E-state index in [1.165, 1.54) is 0 Å². The third-order valence-electron chi connectivity index (χ3n) is 3.90. The highest BCUT2D eigenvalue weighted by Crippen LogP contribution is 2.41. The Hall–Kier alpha value is -1.29. The number of halogens is 1. The van der Waals surface area contributed by atoms with Crippen molar-refractivity contribution in [2.75, 3.05) is 27.2 Å². The van der Waals surface area contributed by atoms with Gasteiger partial charge >= 0.3 is 0 Å². The van der Waals surface area contributed by atoms with E-state index in [9.17, 15) is 0 Å². The van der Waals surface area contributed by atoms with E-state index in [-0.39, 0.29) is 30.1 Å². The lowest BCUT2D eigenvalue weighted by molar-refractivity contribution is -0.123. The van der Waals surface area contributed by atoms with E-state index < -0.39 is 0 Å². The van der Waals surface area contributed by atoms with Crippen LogP contribution in [-0.2, 0) is 25.5 Å². The molecule has 1 N–H and O–H groups in total. The molecule has 1 saturated heterocycles. The normalized spacial score (nSPS) is 20.0.